The normalized spacial score (nSPS) is 12.0. The van der Waals surface area contributed by atoms with E-state index < -0.39 is 22.8 Å². The number of aliphatic carboxylic acids is 1. The van der Waals surface area contributed by atoms with E-state index in [2.05, 4.69) is 5.32 Å². The van der Waals surface area contributed by atoms with Gasteiger partial charge in [-0.15, -0.1) is 0 Å². The summed E-state index contributed by atoms with van der Waals surface area (Å²) in [5.41, 5.74) is 0.472. The molecule has 1 amide bonds. The average Bonchev–Trinajstić information content (AvgIpc) is 2.36. The van der Waals surface area contributed by atoms with Crippen LogP contribution in [0.25, 0.3) is 0 Å². The molecule has 21 heavy (non-hydrogen) atoms. The molecule has 0 unspecified atom stereocenters. The third-order valence-electron chi connectivity index (χ3n) is 2.97. The van der Waals surface area contributed by atoms with Crippen molar-refractivity contribution in [2.45, 2.75) is 33.2 Å². The summed E-state index contributed by atoms with van der Waals surface area (Å²) in [7, 11) is 0. The van der Waals surface area contributed by atoms with Crippen molar-refractivity contribution < 1.29 is 19.6 Å². The zero-order chi connectivity index (χ0) is 16.2. The maximum Gasteiger partial charge on any atom is 0.326 e. The van der Waals surface area contributed by atoms with Gasteiger partial charge in [0.2, 0.25) is 0 Å². The molecule has 0 heterocycles. The van der Waals surface area contributed by atoms with Crippen LogP contribution in [0.2, 0.25) is 0 Å². The molecule has 0 bridgehead atoms. The number of carbonyl (C=O) groups is 2. The van der Waals surface area contributed by atoms with Gasteiger partial charge < -0.3 is 10.4 Å². The van der Waals surface area contributed by atoms with E-state index in [9.17, 15) is 19.7 Å². The fourth-order valence-corrected chi connectivity index (χ4v) is 1.94. The Hall–Kier alpha value is -2.44. The highest BCUT2D eigenvalue weighted by Gasteiger charge is 2.22. The largest absolute Gasteiger partial charge is 0.480 e. The van der Waals surface area contributed by atoms with E-state index in [0.717, 1.165) is 0 Å². The number of hydrogen-bond acceptors (Lipinski definition) is 4. The lowest BCUT2D eigenvalue weighted by Crippen LogP contribution is -2.41. The number of nitrogens with one attached hydrogen (secondary N) is 1. The first-order valence-electron chi connectivity index (χ1n) is 6.51. The highest BCUT2D eigenvalue weighted by Crippen LogP contribution is 2.19. The number of carbonyl (C=O) groups excluding carboxylic acids is 1. The maximum absolute atomic E-state index is 12.0. The lowest BCUT2D eigenvalue weighted by Gasteiger charge is -2.16. The molecule has 0 aliphatic heterocycles. The minimum atomic E-state index is -1.10. The van der Waals surface area contributed by atoms with Crippen molar-refractivity contribution in [1.82, 2.24) is 5.32 Å². The standard InChI is InChI=1S/C14H18N2O5/c1-8(2)6-11(14(18)19)15-13(17)10-4-5-12(16(20)21)9(3)7-10/h4-5,7-8,11H,6H2,1-3H3,(H,15,17)(H,18,19)/t11-/m0/s1. The number of hydrogen-bond donors (Lipinski definition) is 2. The molecule has 1 rings (SSSR count). The van der Waals surface area contributed by atoms with Gasteiger partial charge in [0, 0.05) is 17.2 Å². The molecule has 0 fully saturated rings. The van der Waals surface area contributed by atoms with Gasteiger partial charge in [-0.25, -0.2) is 4.79 Å². The van der Waals surface area contributed by atoms with Gasteiger partial charge in [-0.1, -0.05) is 13.8 Å². The molecule has 114 valence electrons. The molecule has 0 aromatic heterocycles. The summed E-state index contributed by atoms with van der Waals surface area (Å²) in [6.45, 7) is 5.24. The van der Waals surface area contributed by atoms with Crippen molar-refractivity contribution in [3.05, 3.63) is 39.4 Å². The first-order valence-corrected chi connectivity index (χ1v) is 6.51. The van der Waals surface area contributed by atoms with E-state index in [4.69, 9.17) is 5.11 Å². The molecular formula is C14H18N2O5. The summed E-state index contributed by atoms with van der Waals surface area (Å²) in [4.78, 5) is 33.3. The molecule has 0 radical (unpaired) electrons. The monoisotopic (exact) mass is 294 g/mol. The molecule has 0 saturated heterocycles. The zero-order valence-corrected chi connectivity index (χ0v) is 12.1. The molecule has 7 nitrogen and oxygen atoms in total. The van der Waals surface area contributed by atoms with E-state index in [-0.39, 0.29) is 17.2 Å². The number of rotatable bonds is 6. The van der Waals surface area contributed by atoms with E-state index in [0.29, 0.717) is 12.0 Å². The Morgan fingerprint density at radius 2 is 2.00 bits per heavy atom. The third kappa shape index (κ3) is 4.55. The number of aryl methyl sites for hydroxylation is 1. The number of carboxylic acid groups (broad SMARTS) is 1. The van der Waals surface area contributed by atoms with Crippen LogP contribution in [0.15, 0.2) is 18.2 Å². The van der Waals surface area contributed by atoms with E-state index in [1.54, 1.807) is 0 Å². The van der Waals surface area contributed by atoms with Gasteiger partial charge in [-0.2, -0.15) is 0 Å². The van der Waals surface area contributed by atoms with Crippen molar-refractivity contribution in [1.29, 1.82) is 0 Å². The second-order valence-corrected chi connectivity index (χ2v) is 5.25. The topological polar surface area (TPSA) is 110 Å². The lowest BCUT2D eigenvalue weighted by atomic mass is 10.0. The fourth-order valence-electron chi connectivity index (χ4n) is 1.94. The van der Waals surface area contributed by atoms with Gasteiger partial charge in [0.15, 0.2) is 0 Å². The van der Waals surface area contributed by atoms with Crippen LogP contribution in [0.3, 0.4) is 0 Å². The Labute approximate surface area is 122 Å². The van der Waals surface area contributed by atoms with Crippen molar-refractivity contribution >= 4 is 17.6 Å². The molecule has 0 aliphatic rings. The summed E-state index contributed by atoms with van der Waals surface area (Å²) in [6.07, 6.45) is 0.313. The Balaban J connectivity index is 2.90. The van der Waals surface area contributed by atoms with Crippen LogP contribution in [0.1, 0.15) is 36.2 Å². The van der Waals surface area contributed by atoms with Crippen LogP contribution in [-0.2, 0) is 4.79 Å². The highest BCUT2D eigenvalue weighted by atomic mass is 16.6. The quantitative estimate of drug-likeness (QED) is 0.617. The number of benzene rings is 1. The SMILES string of the molecule is Cc1cc(C(=O)N[C@@H](CC(C)C)C(=O)O)ccc1[N+](=O)[O-]. The van der Waals surface area contributed by atoms with Gasteiger partial charge in [-0.05, 0) is 31.4 Å². The lowest BCUT2D eigenvalue weighted by molar-refractivity contribution is -0.385. The van der Waals surface area contributed by atoms with Crippen LogP contribution in [0, 0.1) is 23.0 Å². The van der Waals surface area contributed by atoms with E-state index >= 15 is 0 Å². The average molecular weight is 294 g/mol. The minimum Gasteiger partial charge on any atom is -0.480 e. The van der Waals surface area contributed by atoms with Crippen molar-refractivity contribution in [2.24, 2.45) is 5.92 Å². The Bertz CT molecular complexity index is 568. The minimum absolute atomic E-state index is 0.0801. The summed E-state index contributed by atoms with van der Waals surface area (Å²) in [5, 5.41) is 22.2. The molecular weight excluding hydrogens is 276 g/mol. The molecule has 1 aromatic carbocycles. The zero-order valence-electron chi connectivity index (χ0n) is 12.1. The fraction of sp³-hybridized carbons (Fsp3) is 0.429. The summed E-state index contributed by atoms with van der Waals surface area (Å²) in [5.74, 6) is -1.54. The number of nitro groups is 1. The predicted molar refractivity (Wildman–Crippen MR) is 76.2 cm³/mol. The van der Waals surface area contributed by atoms with Crippen LogP contribution < -0.4 is 5.32 Å². The number of carboxylic acids is 1. The number of amides is 1. The van der Waals surface area contributed by atoms with Gasteiger partial charge in [-0.3, -0.25) is 14.9 Å². The molecule has 1 atom stereocenters. The van der Waals surface area contributed by atoms with Gasteiger partial charge in [0.1, 0.15) is 6.04 Å². The Morgan fingerprint density at radius 1 is 1.38 bits per heavy atom. The van der Waals surface area contributed by atoms with Crippen LogP contribution in [0.4, 0.5) is 5.69 Å². The molecule has 0 spiro atoms. The van der Waals surface area contributed by atoms with Gasteiger partial charge >= 0.3 is 5.97 Å². The maximum atomic E-state index is 12.0. The molecule has 0 saturated carbocycles. The number of nitrogens with zero attached hydrogens (tertiary/aromatic N) is 1. The van der Waals surface area contributed by atoms with Crippen LogP contribution in [-0.4, -0.2) is 27.9 Å². The smallest absolute Gasteiger partial charge is 0.326 e. The van der Waals surface area contributed by atoms with E-state index in [1.165, 1.54) is 25.1 Å². The molecule has 2 N–H and O–H groups in total. The first-order chi connectivity index (χ1) is 9.72. The summed E-state index contributed by atoms with van der Waals surface area (Å²) >= 11 is 0. The highest BCUT2D eigenvalue weighted by molar-refractivity contribution is 5.97. The Morgan fingerprint density at radius 3 is 2.43 bits per heavy atom. The van der Waals surface area contributed by atoms with Crippen molar-refractivity contribution in [3.8, 4) is 0 Å². The van der Waals surface area contributed by atoms with Crippen LogP contribution in [0.5, 0.6) is 0 Å². The summed E-state index contributed by atoms with van der Waals surface area (Å²) in [6, 6.07) is 2.95. The predicted octanol–water partition coefficient (Wildman–Crippen LogP) is 2.13. The first kappa shape index (κ1) is 16.6. The molecule has 1 aromatic rings. The van der Waals surface area contributed by atoms with Crippen molar-refractivity contribution in [3.63, 3.8) is 0 Å². The van der Waals surface area contributed by atoms with Crippen LogP contribution >= 0.6 is 0 Å². The third-order valence-corrected chi connectivity index (χ3v) is 2.97. The number of nitro benzene ring substituents is 1. The summed E-state index contributed by atoms with van der Waals surface area (Å²) < 4.78 is 0. The van der Waals surface area contributed by atoms with Crippen molar-refractivity contribution in [2.75, 3.05) is 0 Å². The van der Waals surface area contributed by atoms with Gasteiger partial charge in [0.05, 0.1) is 4.92 Å². The Kier molecular flexibility index (Phi) is 5.40. The van der Waals surface area contributed by atoms with E-state index in [1.807, 2.05) is 13.8 Å². The second-order valence-electron chi connectivity index (χ2n) is 5.25. The van der Waals surface area contributed by atoms with Gasteiger partial charge in [0.25, 0.3) is 11.6 Å². The second kappa shape index (κ2) is 6.83. The molecule has 7 heteroatoms. The molecule has 0 aliphatic carbocycles.